The Labute approximate surface area is 117 Å². The molecule has 0 saturated heterocycles. The van der Waals surface area contributed by atoms with Crippen LogP contribution in [0, 0.1) is 12.8 Å². The van der Waals surface area contributed by atoms with E-state index in [1.165, 1.54) is 0 Å². The Kier molecular flexibility index (Phi) is 5.05. The zero-order valence-corrected chi connectivity index (χ0v) is 12.0. The van der Waals surface area contributed by atoms with Gasteiger partial charge in [0.05, 0.1) is 6.54 Å². The molecule has 0 saturated carbocycles. The molecule has 20 heavy (non-hydrogen) atoms. The van der Waals surface area contributed by atoms with Crippen molar-refractivity contribution in [1.29, 1.82) is 0 Å². The van der Waals surface area contributed by atoms with Gasteiger partial charge >= 0.3 is 6.01 Å². The SMILES string of the molecule is Cc1noc(CCNc2nnc(CNCC(C)C)o2)n1. The second-order valence-corrected chi connectivity index (χ2v) is 4.94. The summed E-state index contributed by atoms with van der Waals surface area (Å²) in [5.41, 5.74) is 0. The summed E-state index contributed by atoms with van der Waals surface area (Å²) in [4.78, 5) is 4.11. The van der Waals surface area contributed by atoms with E-state index in [-0.39, 0.29) is 0 Å². The van der Waals surface area contributed by atoms with Crippen LogP contribution < -0.4 is 10.6 Å². The molecule has 8 nitrogen and oxygen atoms in total. The third-order valence-electron chi connectivity index (χ3n) is 2.48. The molecule has 8 heteroatoms. The van der Waals surface area contributed by atoms with Crippen LogP contribution in [-0.4, -0.2) is 33.4 Å². The van der Waals surface area contributed by atoms with E-state index in [2.05, 4.69) is 44.8 Å². The molecule has 2 rings (SSSR count). The van der Waals surface area contributed by atoms with E-state index in [1.807, 2.05) is 0 Å². The summed E-state index contributed by atoms with van der Waals surface area (Å²) in [5.74, 6) is 2.39. The lowest BCUT2D eigenvalue weighted by atomic mass is 10.2. The van der Waals surface area contributed by atoms with Crippen molar-refractivity contribution >= 4 is 6.01 Å². The smallest absolute Gasteiger partial charge is 0.315 e. The molecule has 0 aliphatic heterocycles. The van der Waals surface area contributed by atoms with Crippen molar-refractivity contribution in [2.24, 2.45) is 5.92 Å². The van der Waals surface area contributed by atoms with Crippen molar-refractivity contribution in [2.75, 3.05) is 18.4 Å². The van der Waals surface area contributed by atoms with Gasteiger partial charge in [0.2, 0.25) is 11.8 Å². The molecule has 0 fully saturated rings. The topological polar surface area (TPSA) is 102 Å². The van der Waals surface area contributed by atoms with E-state index in [4.69, 9.17) is 8.94 Å². The molecule has 0 aliphatic rings. The predicted molar refractivity (Wildman–Crippen MR) is 72.1 cm³/mol. The van der Waals surface area contributed by atoms with Gasteiger partial charge in [-0.05, 0) is 19.4 Å². The predicted octanol–water partition coefficient (Wildman–Crippen LogP) is 1.16. The molecule has 0 atom stereocenters. The summed E-state index contributed by atoms with van der Waals surface area (Å²) in [7, 11) is 0. The first kappa shape index (κ1) is 14.4. The summed E-state index contributed by atoms with van der Waals surface area (Å²) in [6, 6.07) is 0.405. The van der Waals surface area contributed by atoms with Crippen LogP contribution in [0.5, 0.6) is 0 Å². The average Bonchev–Trinajstić information content (AvgIpc) is 2.99. The lowest BCUT2D eigenvalue weighted by Crippen LogP contribution is -2.19. The zero-order valence-electron chi connectivity index (χ0n) is 12.0. The van der Waals surface area contributed by atoms with Crippen molar-refractivity contribution in [3.63, 3.8) is 0 Å². The maximum Gasteiger partial charge on any atom is 0.315 e. The van der Waals surface area contributed by atoms with Crippen LogP contribution in [0.15, 0.2) is 8.94 Å². The number of nitrogens with one attached hydrogen (secondary N) is 2. The minimum atomic E-state index is 0.405. The normalized spacial score (nSPS) is 11.2. The lowest BCUT2D eigenvalue weighted by molar-refractivity contribution is 0.376. The van der Waals surface area contributed by atoms with E-state index in [0.29, 0.717) is 49.0 Å². The first-order valence-electron chi connectivity index (χ1n) is 6.69. The van der Waals surface area contributed by atoms with Crippen LogP contribution in [0.2, 0.25) is 0 Å². The van der Waals surface area contributed by atoms with Crippen LogP contribution in [0.3, 0.4) is 0 Å². The van der Waals surface area contributed by atoms with Gasteiger partial charge in [0.25, 0.3) is 0 Å². The Morgan fingerprint density at radius 2 is 2.05 bits per heavy atom. The van der Waals surface area contributed by atoms with Gasteiger partial charge in [-0.1, -0.05) is 24.1 Å². The number of aromatic nitrogens is 4. The van der Waals surface area contributed by atoms with Gasteiger partial charge in [0.15, 0.2) is 5.82 Å². The van der Waals surface area contributed by atoms with Gasteiger partial charge in [0.1, 0.15) is 0 Å². The molecule has 0 spiro atoms. The standard InChI is InChI=1S/C12H20N6O2/c1-8(2)6-13-7-11-16-17-12(19-11)14-5-4-10-15-9(3)18-20-10/h8,13H,4-7H2,1-3H3,(H,14,17). The Morgan fingerprint density at radius 3 is 2.75 bits per heavy atom. The summed E-state index contributed by atoms with van der Waals surface area (Å²) >= 11 is 0. The van der Waals surface area contributed by atoms with E-state index < -0.39 is 0 Å². The van der Waals surface area contributed by atoms with Gasteiger partial charge in [-0.15, -0.1) is 5.10 Å². The lowest BCUT2D eigenvalue weighted by Gasteiger charge is -2.03. The third kappa shape index (κ3) is 4.61. The third-order valence-corrected chi connectivity index (χ3v) is 2.48. The van der Waals surface area contributed by atoms with Crippen LogP contribution in [-0.2, 0) is 13.0 Å². The second-order valence-electron chi connectivity index (χ2n) is 4.94. The largest absolute Gasteiger partial charge is 0.407 e. The monoisotopic (exact) mass is 280 g/mol. The van der Waals surface area contributed by atoms with E-state index >= 15 is 0 Å². The molecule has 0 unspecified atom stereocenters. The van der Waals surface area contributed by atoms with E-state index in [9.17, 15) is 0 Å². The first-order valence-corrected chi connectivity index (χ1v) is 6.69. The van der Waals surface area contributed by atoms with Gasteiger partial charge in [-0.2, -0.15) is 4.98 Å². The van der Waals surface area contributed by atoms with Crippen molar-refractivity contribution in [1.82, 2.24) is 25.7 Å². The molecule has 2 aromatic rings. The highest BCUT2D eigenvalue weighted by Gasteiger charge is 2.07. The van der Waals surface area contributed by atoms with Crippen LogP contribution in [0.1, 0.15) is 31.5 Å². The Morgan fingerprint density at radius 1 is 1.20 bits per heavy atom. The maximum atomic E-state index is 5.45. The number of hydrogen-bond donors (Lipinski definition) is 2. The molecule has 0 aliphatic carbocycles. The highest BCUT2D eigenvalue weighted by molar-refractivity contribution is 5.16. The zero-order chi connectivity index (χ0) is 14.4. The summed E-state index contributed by atoms with van der Waals surface area (Å²) in [5, 5.41) is 17.9. The number of nitrogens with zero attached hydrogens (tertiary/aromatic N) is 4. The number of aryl methyl sites for hydroxylation is 1. The first-order chi connectivity index (χ1) is 9.63. The summed E-state index contributed by atoms with van der Waals surface area (Å²) < 4.78 is 10.5. The molecule has 2 heterocycles. The highest BCUT2D eigenvalue weighted by Crippen LogP contribution is 2.06. The highest BCUT2D eigenvalue weighted by atomic mass is 16.5. The van der Waals surface area contributed by atoms with Gasteiger partial charge in [-0.25, -0.2) is 0 Å². The van der Waals surface area contributed by atoms with Gasteiger partial charge < -0.3 is 19.6 Å². The number of rotatable bonds is 8. The Hall–Kier alpha value is -1.96. The second kappa shape index (κ2) is 6.99. The molecule has 110 valence electrons. The van der Waals surface area contributed by atoms with E-state index in [1.54, 1.807) is 6.92 Å². The molecule has 0 radical (unpaired) electrons. The molecular weight excluding hydrogens is 260 g/mol. The summed E-state index contributed by atoms with van der Waals surface area (Å²) in [6.45, 7) is 8.18. The van der Waals surface area contributed by atoms with Crippen LogP contribution in [0.4, 0.5) is 6.01 Å². The Bertz CT molecular complexity index is 522. The molecule has 2 N–H and O–H groups in total. The van der Waals surface area contributed by atoms with Gasteiger partial charge in [-0.3, -0.25) is 0 Å². The molecule has 0 amide bonds. The number of anilines is 1. The van der Waals surface area contributed by atoms with Crippen molar-refractivity contribution in [2.45, 2.75) is 33.7 Å². The molecule has 0 aromatic carbocycles. The fourth-order valence-electron chi connectivity index (χ4n) is 1.58. The van der Waals surface area contributed by atoms with E-state index in [0.717, 1.165) is 6.54 Å². The maximum absolute atomic E-state index is 5.45. The Balaban J connectivity index is 1.69. The molecule has 0 bridgehead atoms. The minimum absolute atomic E-state index is 0.405. The molecule has 2 aromatic heterocycles. The fourth-order valence-corrected chi connectivity index (χ4v) is 1.58. The summed E-state index contributed by atoms with van der Waals surface area (Å²) in [6.07, 6.45) is 0.615. The average molecular weight is 280 g/mol. The van der Waals surface area contributed by atoms with Crippen molar-refractivity contribution < 1.29 is 8.94 Å². The van der Waals surface area contributed by atoms with Crippen LogP contribution in [0.25, 0.3) is 0 Å². The van der Waals surface area contributed by atoms with Crippen molar-refractivity contribution in [3.05, 3.63) is 17.6 Å². The van der Waals surface area contributed by atoms with Crippen LogP contribution >= 0.6 is 0 Å². The quantitative estimate of drug-likeness (QED) is 0.742. The van der Waals surface area contributed by atoms with Gasteiger partial charge in [0, 0.05) is 13.0 Å². The fraction of sp³-hybridized carbons (Fsp3) is 0.667. The number of hydrogen-bond acceptors (Lipinski definition) is 8. The molecular formula is C12H20N6O2. The van der Waals surface area contributed by atoms with Crippen molar-refractivity contribution in [3.8, 4) is 0 Å². The minimum Gasteiger partial charge on any atom is -0.407 e.